The smallest absolute Gasteiger partial charge is 0.254 e. The van der Waals surface area contributed by atoms with Crippen LogP contribution in [0.5, 0.6) is 0 Å². The van der Waals surface area contributed by atoms with Gasteiger partial charge in [-0.2, -0.15) is 0 Å². The van der Waals surface area contributed by atoms with Crippen molar-refractivity contribution in [3.05, 3.63) is 65.0 Å². The Morgan fingerprint density at radius 3 is 2.23 bits per heavy atom. The summed E-state index contributed by atoms with van der Waals surface area (Å²) in [7, 11) is -3.67. The fourth-order valence-corrected chi connectivity index (χ4v) is 4.43. The van der Waals surface area contributed by atoms with Crippen molar-refractivity contribution in [1.82, 2.24) is 14.5 Å². The highest BCUT2D eigenvalue weighted by atomic mass is 32.2. The Kier molecular flexibility index (Phi) is 6.52. The standard InChI is InChI=1S/C21H24FN3O4S/c1-3-23-30(28,29)18-8-7-15(2)19(14-18)21(27)25-11-9-24(10-12-25)20(26)16-5-4-6-17(22)13-16/h4-8,13-14,23H,3,9-12H2,1-2H3. The number of carbonyl (C=O) groups is 2. The van der Waals surface area contributed by atoms with Crippen LogP contribution in [0.3, 0.4) is 0 Å². The molecule has 2 amide bonds. The molecule has 2 aromatic carbocycles. The third-order valence-corrected chi connectivity index (χ3v) is 6.55. The third kappa shape index (κ3) is 4.68. The minimum absolute atomic E-state index is 0.0400. The maximum Gasteiger partial charge on any atom is 0.254 e. The zero-order valence-electron chi connectivity index (χ0n) is 16.9. The minimum Gasteiger partial charge on any atom is -0.335 e. The van der Waals surface area contributed by atoms with Crippen LogP contribution >= 0.6 is 0 Å². The molecule has 0 atom stereocenters. The van der Waals surface area contributed by atoms with E-state index in [-0.39, 0.29) is 28.8 Å². The number of hydrogen-bond acceptors (Lipinski definition) is 4. The molecular weight excluding hydrogens is 409 g/mol. The number of hydrogen-bond donors (Lipinski definition) is 1. The Hall–Kier alpha value is -2.78. The number of nitrogens with zero attached hydrogens (tertiary/aromatic N) is 2. The van der Waals surface area contributed by atoms with Gasteiger partial charge in [-0.15, -0.1) is 0 Å². The quantitative estimate of drug-likeness (QED) is 0.782. The second-order valence-electron chi connectivity index (χ2n) is 7.07. The number of aryl methyl sites for hydroxylation is 1. The largest absolute Gasteiger partial charge is 0.335 e. The molecule has 1 fully saturated rings. The average Bonchev–Trinajstić information content (AvgIpc) is 2.73. The lowest BCUT2D eigenvalue weighted by molar-refractivity contribution is 0.0534. The Bertz CT molecular complexity index is 1060. The average molecular weight is 434 g/mol. The fourth-order valence-electron chi connectivity index (χ4n) is 3.36. The van der Waals surface area contributed by atoms with Gasteiger partial charge in [0.1, 0.15) is 5.82 Å². The van der Waals surface area contributed by atoms with Crippen molar-refractivity contribution in [3.63, 3.8) is 0 Å². The first kappa shape index (κ1) is 21.9. The molecule has 0 saturated carbocycles. The van der Waals surface area contributed by atoms with Gasteiger partial charge in [0.25, 0.3) is 11.8 Å². The minimum atomic E-state index is -3.67. The van der Waals surface area contributed by atoms with Gasteiger partial charge in [0.15, 0.2) is 0 Å². The van der Waals surface area contributed by atoms with E-state index in [0.717, 1.165) is 0 Å². The Morgan fingerprint density at radius 2 is 1.63 bits per heavy atom. The van der Waals surface area contributed by atoms with Crippen molar-refractivity contribution in [2.75, 3.05) is 32.7 Å². The maximum atomic E-state index is 13.4. The summed E-state index contributed by atoms with van der Waals surface area (Å²) in [5, 5.41) is 0. The number of halogens is 1. The van der Waals surface area contributed by atoms with Gasteiger partial charge in [-0.25, -0.2) is 17.5 Å². The van der Waals surface area contributed by atoms with Crippen molar-refractivity contribution in [2.45, 2.75) is 18.7 Å². The summed E-state index contributed by atoms with van der Waals surface area (Å²) in [4.78, 5) is 28.8. The molecule has 30 heavy (non-hydrogen) atoms. The highest BCUT2D eigenvalue weighted by Gasteiger charge is 2.27. The van der Waals surface area contributed by atoms with Crippen molar-refractivity contribution < 1.29 is 22.4 Å². The summed E-state index contributed by atoms with van der Waals surface area (Å²) in [6, 6.07) is 9.99. The van der Waals surface area contributed by atoms with E-state index >= 15 is 0 Å². The van der Waals surface area contributed by atoms with Crippen LogP contribution in [0, 0.1) is 12.7 Å². The maximum absolute atomic E-state index is 13.4. The Balaban J connectivity index is 1.72. The topological polar surface area (TPSA) is 86.8 Å². The van der Waals surface area contributed by atoms with E-state index in [1.807, 2.05) is 0 Å². The second kappa shape index (κ2) is 8.93. The van der Waals surface area contributed by atoms with Gasteiger partial charge in [0, 0.05) is 43.9 Å². The van der Waals surface area contributed by atoms with E-state index < -0.39 is 15.8 Å². The molecule has 0 aliphatic carbocycles. The normalized spacial score (nSPS) is 14.6. The summed E-state index contributed by atoms with van der Waals surface area (Å²) < 4.78 is 40.3. The number of piperazine rings is 1. The molecule has 9 heteroatoms. The van der Waals surface area contributed by atoms with E-state index in [2.05, 4.69) is 4.72 Å². The van der Waals surface area contributed by atoms with Gasteiger partial charge >= 0.3 is 0 Å². The van der Waals surface area contributed by atoms with Gasteiger partial charge in [-0.3, -0.25) is 9.59 Å². The summed E-state index contributed by atoms with van der Waals surface area (Å²) >= 11 is 0. The van der Waals surface area contributed by atoms with Gasteiger partial charge in [-0.05, 0) is 42.8 Å². The molecule has 1 aliphatic heterocycles. The number of sulfonamides is 1. The van der Waals surface area contributed by atoms with Crippen LogP contribution in [0.4, 0.5) is 4.39 Å². The first-order valence-electron chi connectivity index (χ1n) is 9.67. The molecule has 1 N–H and O–H groups in total. The van der Waals surface area contributed by atoms with Crippen LogP contribution in [0.1, 0.15) is 33.2 Å². The Morgan fingerprint density at radius 1 is 1.00 bits per heavy atom. The molecule has 160 valence electrons. The lowest BCUT2D eigenvalue weighted by atomic mass is 10.1. The zero-order valence-corrected chi connectivity index (χ0v) is 17.7. The van der Waals surface area contributed by atoms with Gasteiger partial charge in [0.2, 0.25) is 10.0 Å². The van der Waals surface area contributed by atoms with Crippen LogP contribution < -0.4 is 4.72 Å². The van der Waals surface area contributed by atoms with Crippen molar-refractivity contribution in [1.29, 1.82) is 0 Å². The fraction of sp³-hybridized carbons (Fsp3) is 0.333. The van der Waals surface area contributed by atoms with Crippen LogP contribution in [-0.2, 0) is 10.0 Å². The molecule has 0 radical (unpaired) electrons. The van der Waals surface area contributed by atoms with Crippen molar-refractivity contribution >= 4 is 21.8 Å². The molecule has 0 bridgehead atoms. The lowest BCUT2D eigenvalue weighted by Crippen LogP contribution is -2.50. The van der Waals surface area contributed by atoms with Crippen LogP contribution in [0.15, 0.2) is 47.4 Å². The van der Waals surface area contributed by atoms with Crippen molar-refractivity contribution in [2.24, 2.45) is 0 Å². The van der Waals surface area contributed by atoms with E-state index in [1.165, 1.54) is 30.3 Å². The molecular formula is C21H24FN3O4S. The molecule has 7 nitrogen and oxygen atoms in total. The van der Waals surface area contributed by atoms with E-state index in [0.29, 0.717) is 37.3 Å². The second-order valence-corrected chi connectivity index (χ2v) is 8.84. The first-order chi connectivity index (χ1) is 14.2. The molecule has 0 unspecified atom stereocenters. The van der Waals surface area contributed by atoms with Crippen LogP contribution in [-0.4, -0.2) is 62.8 Å². The number of carbonyl (C=O) groups excluding carboxylic acids is 2. The summed E-state index contributed by atoms with van der Waals surface area (Å²) in [6.45, 7) is 4.93. The van der Waals surface area contributed by atoms with Gasteiger partial charge in [0.05, 0.1) is 4.90 Å². The molecule has 1 heterocycles. The van der Waals surface area contributed by atoms with Gasteiger partial charge < -0.3 is 9.80 Å². The van der Waals surface area contributed by atoms with Gasteiger partial charge in [-0.1, -0.05) is 19.1 Å². The Labute approximate surface area is 175 Å². The first-order valence-corrected chi connectivity index (χ1v) is 11.2. The molecule has 0 aromatic heterocycles. The highest BCUT2D eigenvalue weighted by molar-refractivity contribution is 7.89. The summed E-state index contributed by atoms with van der Waals surface area (Å²) in [5.41, 5.74) is 1.26. The van der Waals surface area contributed by atoms with Crippen LogP contribution in [0.25, 0.3) is 0 Å². The van der Waals surface area contributed by atoms with E-state index in [1.54, 1.807) is 35.8 Å². The monoisotopic (exact) mass is 433 g/mol. The number of rotatable bonds is 5. The highest BCUT2D eigenvalue weighted by Crippen LogP contribution is 2.19. The number of nitrogens with one attached hydrogen (secondary N) is 1. The van der Waals surface area contributed by atoms with Crippen molar-refractivity contribution in [3.8, 4) is 0 Å². The third-order valence-electron chi connectivity index (χ3n) is 5.01. The predicted octanol–water partition coefficient (Wildman–Crippen LogP) is 2.03. The molecule has 0 spiro atoms. The predicted molar refractivity (Wildman–Crippen MR) is 110 cm³/mol. The van der Waals surface area contributed by atoms with E-state index in [4.69, 9.17) is 0 Å². The number of amides is 2. The van der Waals surface area contributed by atoms with Crippen LogP contribution in [0.2, 0.25) is 0 Å². The zero-order chi connectivity index (χ0) is 21.9. The van der Waals surface area contributed by atoms with E-state index in [9.17, 15) is 22.4 Å². The summed E-state index contributed by atoms with van der Waals surface area (Å²) in [5.74, 6) is -1.03. The summed E-state index contributed by atoms with van der Waals surface area (Å²) in [6.07, 6.45) is 0. The molecule has 2 aromatic rings. The number of benzene rings is 2. The SMILES string of the molecule is CCNS(=O)(=O)c1ccc(C)c(C(=O)N2CCN(C(=O)c3cccc(F)c3)CC2)c1. The lowest BCUT2D eigenvalue weighted by Gasteiger charge is -2.35. The molecule has 1 saturated heterocycles. The molecule has 3 rings (SSSR count). The molecule has 1 aliphatic rings.